The highest BCUT2D eigenvalue weighted by atomic mass is 32.2. The number of thioether (sulfide) groups is 1. The Labute approximate surface area is 152 Å². The van der Waals surface area contributed by atoms with E-state index in [9.17, 15) is 4.79 Å². The third-order valence-electron chi connectivity index (χ3n) is 4.45. The molecule has 0 saturated heterocycles. The van der Waals surface area contributed by atoms with E-state index in [0.717, 1.165) is 37.9 Å². The number of imidazole rings is 1. The molecule has 0 unspecified atom stereocenters. The predicted octanol–water partition coefficient (Wildman–Crippen LogP) is 5.11. The predicted molar refractivity (Wildman–Crippen MR) is 106 cm³/mol. The molecule has 0 amide bonds. The molecule has 2 heterocycles. The number of H-pyrrole nitrogens is 1. The van der Waals surface area contributed by atoms with Crippen molar-refractivity contribution in [2.24, 2.45) is 0 Å². The fourth-order valence-electron chi connectivity index (χ4n) is 3.28. The molecule has 5 rings (SSSR count). The van der Waals surface area contributed by atoms with Gasteiger partial charge in [-0.15, -0.1) is 0 Å². The molecule has 0 aliphatic heterocycles. The first-order valence-electron chi connectivity index (χ1n) is 8.30. The number of hydrogen-bond acceptors (Lipinski definition) is 4. The molecule has 2 aromatic heterocycles. The Hall–Kier alpha value is -3.05. The SMILES string of the molecule is O=c1cc(CSc2nc3ccccc3[nH]2)c2c(ccc3ccccc32)o1. The van der Waals surface area contributed by atoms with Gasteiger partial charge in [-0.05, 0) is 34.5 Å². The quantitative estimate of drug-likeness (QED) is 0.276. The van der Waals surface area contributed by atoms with Crippen molar-refractivity contribution in [3.63, 3.8) is 0 Å². The van der Waals surface area contributed by atoms with Crippen LogP contribution in [-0.2, 0) is 5.75 Å². The van der Waals surface area contributed by atoms with Crippen LogP contribution in [0.2, 0.25) is 0 Å². The van der Waals surface area contributed by atoms with E-state index in [1.165, 1.54) is 0 Å². The van der Waals surface area contributed by atoms with E-state index in [1.807, 2.05) is 48.5 Å². The number of hydrogen-bond donors (Lipinski definition) is 1. The molecule has 0 atom stereocenters. The zero-order valence-corrected chi connectivity index (χ0v) is 14.5. The maximum atomic E-state index is 12.0. The number of benzene rings is 3. The van der Waals surface area contributed by atoms with Gasteiger partial charge in [-0.2, -0.15) is 0 Å². The van der Waals surface area contributed by atoms with Crippen LogP contribution >= 0.6 is 11.8 Å². The molecule has 0 aliphatic rings. The number of aromatic amines is 1. The van der Waals surface area contributed by atoms with E-state index in [1.54, 1.807) is 17.8 Å². The average molecular weight is 358 g/mol. The standard InChI is InChI=1S/C21H14N2O2S/c24-19-11-14(12-26-21-22-16-7-3-4-8-17(16)23-21)20-15-6-2-1-5-13(15)9-10-18(20)25-19/h1-11H,12H2,(H,22,23). The van der Waals surface area contributed by atoms with Crippen LogP contribution < -0.4 is 5.63 Å². The molecule has 5 aromatic rings. The lowest BCUT2D eigenvalue weighted by molar-refractivity contribution is 0.560. The Balaban J connectivity index is 1.61. The van der Waals surface area contributed by atoms with E-state index >= 15 is 0 Å². The number of rotatable bonds is 3. The molecule has 3 aromatic carbocycles. The summed E-state index contributed by atoms with van der Waals surface area (Å²) in [6.07, 6.45) is 0. The van der Waals surface area contributed by atoms with Crippen LogP contribution in [0.5, 0.6) is 0 Å². The second kappa shape index (κ2) is 6.04. The first-order chi connectivity index (χ1) is 12.8. The van der Waals surface area contributed by atoms with Gasteiger partial charge < -0.3 is 9.40 Å². The summed E-state index contributed by atoms with van der Waals surface area (Å²) in [5.74, 6) is 0.635. The molecule has 0 bridgehead atoms. The molecule has 0 radical (unpaired) electrons. The Morgan fingerprint density at radius 3 is 2.77 bits per heavy atom. The fourth-order valence-corrected chi connectivity index (χ4v) is 4.14. The van der Waals surface area contributed by atoms with E-state index < -0.39 is 0 Å². The number of aromatic nitrogens is 2. The molecule has 0 spiro atoms. The van der Waals surface area contributed by atoms with Gasteiger partial charge in [-0.25, -0.2) is 9.78 Å². The molecule has 0 saturated carbocycles. The summed E-state index contributed by atoms with van der Waals surface area (Å²) < 4.78 is 5.42. The lowest BCUT2D eigenvalue weighted by Crippen LogP contribution is -2.00. The van der Waals surface area contributed by atoms with Gasteiger partial charge in [0.25, 0.3) is 0 Å². The topological polar surface area (TPSA) is 58.9 Å². The van der Waals surface area contributed by atoms with Gasteiger partial charge in [0.2, 0.25) is 0 Å². The Bertz CT molecular complexity index is 1290. The zero-order valence-electron chi connectivity index (χ0n) is 13.7. The van der Waals surface area contributed by atoms with Crippen molar-refractivity contribution >= 4 is 44.5 Å². The summed E-state index contributed by atoms with van der Waals surface area (Å²) in [6.45, 7) is 0. The molecule has 5 heteroatoms. The van der Waals surface area contributed by atoms with E-state index in [2.05, 4.69) is 22.1 Å². The lowest BCUT2D eigenvalue weighted by Gasteiger charge is -2.08. The van der Waals surface area contributed by atoms with Crippen molar-refractivity contribution < 1.29 is 4.42 Å². The second-order valence-electron chi connectivity index (χ2n) is 6.10. The third kappa shape index (κ3) is 2.57. The highest BCUT2D eigenvalue weighted by molar-refractivity contribution is 7.98. The van der Waals surface area contributed by atoms with Crippen molar-refractivity contribution in [2.45, 2.75) is 10.9 Å². The number of para-hydroxylation sites is 2. The van der Waals surface area contributed by atoms with E-state index in [4.69, 9.17) is 4.42 Å². The van der Waals surface area contributed by atoms with Crippen molar-refractivity contribution in [3.05, 3.63) is 82.7 Å². The van der Waals surface area contributed by atoms with Crippen molar-refractivity contribution in [1.82, 2.24) is 9.97 Å². The highest BCUT2D eigenvalue weighted by Gasteiger charge is 2.11. The van der Waals surface area contributed by atoms with Gasteiger partial charge in [-0.1, -0.05) is 54.2 Å². The largest absolute Gasteiger partial charge is 0.423 e. The normalized spacial score (nSPS) is 11.5. The third-order valence-corrected chi connectivity index (χ3v) is 5.37. The number of fused-ring (bicyclic) bond motifs is 4. The smallest absolute Gasteiger partial charge is 0.336 e. The monoisotopic (exact) mass is 358 g/mol. The maximum absolute atomic E-state index is 12.0. The first kappa shape index (κ1) is 15.2. The fraction of sp³-hybridized carbons (Fsp3) is 0.0476. The lowest BCUT2D eigenvalue weighted by atomic mass is 10.0. The minimum atomic E-state index is -0.326. The molecule has 126 valence electrons. The maximum Gasteiger partial charge on any atom is 0.336 e. The second-order valence-corrected chi connectivity index (χ2v) is 7.06. The van der Waals surface area contributed by atoms with Gasteiger partial charge in [-0.3, -0.25) is 0 Å². The van der Waals surface area contributed by atoms with Gasteiger partial charge >= 0.3 is 5.63 Å². The molecule has 4 nitrogen and oxygen atoms in total. The zero-order chi connectivity index (χ0) is 17.5. The van der Waals surface area contributed by atoms with Crippen molar-refractivity contribution in [2.75, 3.05) is 0 Å². The molecular weight excluding hydrogens is 344 g/mol. The molecule has 0 aliphatic carbocycles. The van der Waals surface area contributed by atoms with Crippen LogP contribution in [0.1, 0.15) is 5.56 Å². The highest BCUT2D eigenvalue weighted by Crippen LogP contribution is 2.31. The minimum absolute atomic E-state index is 0.326. The average Bonchev–Trinajstić information content (AvgIpc) is 3.08. The summed E-state index contributed by atoms with van der Waals surface area (Å²) in [7, 11) is 0. The van der Waals surface area contributed by atoms with Crippen LogP contribution in [0.25, 0.3) is 32.8 Å². The number of nitrogens with one attached hydrogen (secondary N) is 1. The van der Waals surface area contributed by atoms with Gasteiger partial charge in [0.15, 0.2) is 5.16 Å². The van der Waals surface area contributed by atoms with Gasteiger partial charge in [0, 0.05) is 17.2 Å². The molecule has 0 fully saturated rings. The van der Waals surface area contributed by atoms with Gasteiger partial charge in [0.05, 0.1) is 11.0 Å². The first-order valence-corrected chi connectivity index (χ1v) is 9.28. The van der Waals surface area contributed by atoms with Crippen LogP contribution in [0.4, 0.5) is 0 Å². The van der Waals surface area contributed by atoms with Crippen LogP contribution in [0.3, 0.4) is 0 Å². The summed E-state index contributed by atoms with van der Waals surface area (Å²) in [4.78, 5) is 19.9. The van der Waals surface area contributed by atoms with Crippen LogP contribution in [-0.4, -0.2) is 9.97 Å². The molecule has 26 heavy (non-hydrogen) atoms. The Morgan fingerprint density at radius 1 is 1.00 bits per heavy atom. The summed E-state index contributed by atoms with van der Waals surface area (Å²) in [5, 5.41) is 4.05. The Morgan fingerprint density at radius 2 is 1.85 bits per heavy atom. The Kier molecular flexibility index (Phi) is 3.53. The van der Waals surface area contributed by atoms with Crippen molar-refractivity contribution in [3.8, 4) is 0 Å². The summed E-state index contributed by atoms with van der Waals surface area (Å²) in [5.41, 5.74) is 3.21. The molecule has 1 N–H and O–H groups in total. The summed E-state index contributed by atoms with van der Waals surface area (Å²) in [6, 6.07) is 21.5. The van der Waals surface area contributed by atoms with Gasteiger partial charge in [0.1, 0.15) is 5.58 Å². The molecular formula is C21H14N2O2S. The van der Waals surface area contributed by atoms with Crippen LogP contribution in [0, 0.1) is 0 Å². The minimum Gasteiger partial charge on any atom is -0.423 e. The number of nitrogens with zero attached hydrogens (tertiary/aromatic N) is 1. The summed E-state index contributed by atoms with van der Waals surface area (Å²) >= 11 is 1.58. The van der Waals surface area contributed by atoms with E-state index in [0.29, 0.717) is 11.3 Å². The van der Waals surface area contributed by atoms with Crippen molar-refractivity contribution in [1.29, 1.82) is 0 Å². The van der Waals surface area contributed by atoms with Crippen LogP contribution in [0.15, 0.2) is 81.1 Å². The van der Waals surface area contributed by atoms with E-state index in [-0.39, 0.29) is 5.63 Å².